The molecular formula is C13H14N4O3S. The highest BCUT2D eigenvalue weighted by Crippen LogP contribution is 2.27. The third-order valence-electron chi connectivity index (χ3n) is 2.83. The minimum absolute atomic E-state index is 0.130. The molecular weight excluding hydrogens is 292 g/mol. The van der Waals surface area contributed by atoms with Gasteiger partial charge < -0.3 is 10.6 Å². The quantitative estimate of drug-likeness (QED) is 0.652. The third kappa shape index (κ3) is 3.34. The lowest BCUT2D eigenvalue weighted by molar-refractivity contribution is -0.384. The number of nitro benzene ring substituents is 1. The van der Waals surface area contributed by atoms with Crippen molar-refractivity contribution in [2.75, 3.05) is 12.4 Å². The summed E-state index contributed by atoms with van der Waals surface area (Å²) in [5, 5.41) is 19.2. The molecule has 0 aliphatic rings. The summed E-state index contributed by atoms with van der Waals surface area (Å²) in [5.74, 6) is -0.381. The summed E-state index contributed by atoms with van der Waals surface area (Å²) in [6, 6.07) is 4.38. The number of nitro groups is 1. The molecule has 1 aromatic carbocycles. The number of benzene rings is 1. The van der Waals surface area contributed by atoms with E-state index in [1.165, 1.54) is 23.5 Å². The van der Waals surface area contributed by atoms with Crippen LogP contribution in [-0.4, -0.2) is 22.9 Å². The number of amides is 1. The summed E-state index contributed by atoms with van der Waals surface area (Å²) < 4.78 is 0. The second-order valence-electron chi connectivity index (χ2n) is 4.25. The first kappa shape index (κ1) is 14.9. The van der Waals surface area contributed by atoms with Gasteiger partial charge in [0.15, 0.2) is 0 Å². The van der Waals surface area contributed by atoms with Gasteiger partial charge in [0.2, 0.25) is 0 Å². The van der Waals surface area contributed by atoms with Crippen molar-refractivity contribution in [3.63, 3.8) is 0 Å². The molecule has 0 bridgehead atoms. The van der Waals surface area contributed by atoms with Crippen LogP contribution in [0.25, 0.3) is 0 Å². The van der Waals surface area contributed by atoms with Crippen molar-refractivity contribution in [3.8, 4) is 0 Å². The van der Waals surface area contributed by atoms with Gasteiger partial charge in [-0.05, 0) is 13.0 Å². The van der Waals surface area contributed by atoms with E-state index in [1.807, 2.05) is 12.3 Å². The smallest absolute Gasteiger partial charge is 0.293 e. The van der Waals surface area contributed by atoms with E-state index in [-0.39, 0.29) is 29.4 Å². The van der Waals surface area contributed by atoms with E-state index in [9.17, 15) is 14.9 Å². The Labute approximate surface area is 125 Å². The summed E-state index contributed by atoms with van der Waals surface area (Å²) >= 11 is 1.50. The average Bonchev–Trinajstić information content (AvgIpc) is 2.89. The lowest BCUT2D eigenvalue weighted by Gasteiger charge is -2.09. The number of hydrogen-bond donors (Lipinski definition) is 2. The van der Waals surface area contributed by atoms with Gasteiger partial charge in [-0.15, -0.1) is 11.3 Å². The number of hydrogen-bond acceptors (Lipinski definition) is 6. The Morgan fingerprint density at radius 1 is 1.48 bits per heavy atom. The number of carbonyl (C=O) groups excluding carboxylic acids is 1. The van der Waals surface area contributed by atoms with Crippen LogP contribution >= 0.6 is 11.3 Å². The zero-order valence-corrected chi connectivity index (χ0v) is 12.4. The predicted molar refractivity (Wildman–Crippen MR) is 80.7 cm³/mol. The van der Waals surface area contributed by atoms with Crippen LogP contribution < -0.4 is 10.6 Å². The largest absolute Gasteiger partial charge is 0.382 e. The molecule has 0 spiro atoms. The molecule has 2 N–H and O–H groups in total. The van der Waals surface area contributed by atoms with Gasteiger partial charge in [0.1, 0.15) is 5.69 Å². The second kappa shape index (κ2) is 6.31. The first-order valence-electron chi connectivity index (χ1n) is 6.17. The highest BCUT2D eigenvalue weighted by atomic mass is 32.1. The van der Waals surface area contributed by atoms with Crippen molar-refractivity contribution in [2.24, 2.45) is 0 Å². The summed E-state index contributed by atoms with van der Waals surface area (Å²) in [6.45, 7) is 2.17. The Morgan fingerprint density at radius 3 is 2.81 bits per heavy atom. The van der Waals surface area contributed by atoms with Crippen molar-refractivity contribution < 1.29 is 9.72 Å². The predicted octanol–water partition coefficient (Wildman–Crippen LogP) is 2.33. The molecule has 0 radical (unpaired) electrons. The van der Waals surface area contributed by atoms with Gasteiger partial charge in [0.05, 0.1) is 27.7 Å². The van der Waals surface area contributed by atoms with Gasteiger partial charge in [-0.1, -0.05) is 6.07 Å². The number of nitrogens with zero attached hydrogens (tertiary/aromatic N) is 2. The van der Waals surface area contributed by atoms with E-state index in [0.717, 1.165) is 10.7 Å². The molecule has 0 saturated carbocycles. The SMILES string of the molecule is CNc1c(C(=O)NCc2csc(C)n2)cccc1[N+](=O)[O-]. The molecule has 7 nitrogen and oxygen atoms in total. The maximum Gasteiger partial charge on any atom is 0.293 e. The van der Waals surface area contributed by atoms with Gasteiger partial charge in [-0.25, -0.2) is 4.98 Å². The minimum atomic E-state index is -0.521. The molecule has 1 heterocycles. The number of rotatable bonds is 5. The van der Waals surface area contributed by atoms with Crippen LogP contribution in [0.2, 0.25) is 0 Å². The molecule has 0 fully saturated rings. The zero-order chi connectivity index (χ0) is 15.4. The Hall–Kier alpha value is -2.48. The number of nitrogens with one attached hydrogen (secondary N) is 2. The van der Waals surface area contributed by atoms with Gasteiger partial charge in [-0.3, -0.25) is 14.9 Å². The normalized spacial score (nSPS) is 10.2. The minimum Gasteiger partial charge on any atom is -0.382 e. The molecule has 110 valence electrons. The maximum atomic E-state index is 12.2. The molecule has 0 saturated heterocycles. The number of anilines is 1. The molecule has 0 aliphatic carbocycles. The Morgan fingerprint density at radius 2 is 2.24 bits per heavy atom. The van der Waals surface area contributed by atoms with Crippen LogP contribution in [0.15, 0.2) is 23.6 Å². The fraction of sp³-hybridized carbons (Fsp3) is 0.231. The zero-order valence-electron chi connectivity index (χ0n) is 11.5. The van der Waals surface area contributed by atoms with Crippen LogP contribution in [0.3, 0.4) is 0 Å². The number of aromatic nitrogens is 1. The fourth-order valence-corrected chi connectivity index (χ4v) is 2.51. The first-order valence-corrected chi connectivity index (χ1v) is 7.05. The monoisotopic (exact) mass is 306 g/mol. The Kier molecular flexibility index (Phi) is 4.49. The van der Waals surface area contributed by atoms with Gasteiger partial charge in [0.25, 0.3) is 11.6 Å². The van der Waals surface area contributed by atoms with E-state index in [2.05, 4.69) is 15.6 Å². The van der Waals surface area contributed by atoms with Crippen LogP contribution in [-0.2, 0) is 6.54 Å². The van der Waals surface area contributed by atoms with E-state index in [0.29, 0.717) is 0 Å². The molecule has 1 amide bonds. The van der Waals surface area contributed by atoms with Gasteiger partial charge >= 0.3 is 0 Å². The van der Waals surface area contributed by atoms with E-state index in [4.69, 9.17) is 0 Å². The molecule has 0 atom stereocenters. The topological polar surface area (TPSA) is 97.2 Å². The first-order chi connectivity index (χ1) is 10.0. The standard InChI is InChI=1S/C13H14N4O3S/c1-8-16-9(7-21-8)6-15-13(18)10-4-3-5-11(17(19)20)12(10)14-2/h3-5,7,14H,6H2,1-2H3,(H,15,18). The molecule has 8 heteroatoms. The fourth-order valence-electron chi connectivity index (χ4n) is 1.90. The Balaban J connectivity index is 2.19. The molecule has 2 rings (SSSR count). The lowest BCUT2D eigenvalue weighted by atomic mass is 10.1. The van der Waals surface area contributed by atoms with Gasteiger partial charge in [0, 0.05) is 18.5 Å². The van der Waals surface area contributed by atoms with Crippen LogP contribution in [0.5, 0.6) is 0 Å². The van der Waals surface area contributed by atoms with Crippen LogP contribution in [0.4, 0.5) is 11.4 Å². The second-order valence-corrected chi connectivity index (χ2v) is 5.31. The summed E-state index contributed by atoms with van der Waals surface area (Å²) in [7, 11) is 1.54. The highest BCUT2D eigenvalue weighted by Gasteiger charge is 2.20. The summed E-state index contributed by atoms with van der Waals surface area (Å²) in [5.41, 5.74) is 1.07. The number of para-hydroxylation sites is 1. The van der Waals surface area contributed by atoms with Crippen molar-refractivity contribution >= 4 is 28.6 Å². The highest BCUT2D eigenvalue weighted by molar-refractivity contribution is 7.09. The van der Waals surface area contributed by atoms with Crippen molar-refractivity contribution in [1.29, 1.82) is 0 Å². The third-order valence-corrected chi connectivity index (χ3v) is 3.65. The van der Waals surface area contributed by atoms with Crippen molar-refractivity contribution in [3.05, 3.63) is 50.0 Å². The Bertz CT molecular complexity index is 684. The molecule has 0 unspecified atom stereocenters. The summed E-state index contributed by atoms with van der Waals surface area (Å²) in [6.07, 6.45) is 0. The molecule has 21 heavy (non-hydrogen) atoms. The number of aryl methyl sites for hydroxylation is 1. The maximum absolute atomic E-state index is 12.2. The van der Waals surface area contributed by atoms with E-state index in [1.54, 1.807) is 13.1 Å². The number of thiazole rings is 1. The van der Waals surface area contributed by atoms with Crippen LogP contribution in [0, 0.1) is 17.0 Å². The lowest BCUT2D eigenvalue weighted by Crippen LogP contribution is -2.24. The molecule has 0 aliphatic heterocycles. The van der Waals surface area contributed by atoms with Gasteiger partial charge in [-0.2, -0.15) is 0 Å². The molecule has 2 aromatic rings. The van der Waals surface area contributed by atoms with Crippen LogP contribution in [0.1, 0.15) is 21.1 Å². The van der Waals surface area contributed by atoms with E-state index < -0.39 is 4.92 Å². The van der Waals surface area contributed by atoms with Crippen molar-refractivity contribution in [1.82, 2.24) is 10.3 Å². The van der Waals surface area contributed by atoms with Crippen molar-refractivity contribution in [2.45, 2.75) is 13.5 Å². The number of carbonyl (C=O) groups is 1. The van der Waals surface area contributed by atoms with E-state index >= 15 is 0 Å². The molecule has 1 aromatic heterocycles. The summed E-state index contributed by atoms with van der Waals surface area (Å²) in [4.78, 5) is 26.9. The average molecular weight is 306 g/mol.